The Morgan fingerprint density at radius 1 is 0.909 bits per heavy atom. The zero-order chi connectivity index (χ0) is 22.4. The van der Waals surface area contributed by atoms with Crippen molar-refractivity contribution in [3.63, 3.8) is 0 Å². The van der Waals surface area contributed by atoms with Gasteiger partial charge in [-0.2, -0.15) is 0 Å². The van der Waals surface area contributed by atoms with Gasteiger partial charge < -0.3 is 20.1 Å². The summed E-state index contributed by atoms with van der Waals surface area (Å²) < 4.78 is 11.6. The minimum atomic E-state index is 0. The van der Waals surface area contributed by atoms with E-state index in [1.165, 1.54) is 5.56 Å². The highest BCUT2D eigenvalue weighted by Crippen LogP contribution is 2.13. The number of hydrogen-bond donors (Lipinski definition) is 2. The monoisotopic (exact) mass is 560 g/mol. The van der Waals surface area contributed by atoms with Gasteiger partial charge in [0.15, 0.2) is 5.96 Å². The zero-order valence-electron chi connectivity index (χ0n) is 19.2. The molecule has 0 amide bonds. The van der Waals surface area contributed by atoms with Gasteiger partial charge in [-0.25, -0.2) is 0 Å². The first-order valence-electron chi connectivity index (χ1n) is 10.9. The highest BCUT2D eigenvalue weighted by Gasteiger charge is 2.05. The summed E-state index contributed by atoms with van der Waals surface area (Å²) in [6, 6.07) is 24.1. The minimum absolute atomic E-state index is 0. The first kappa shape index (κ1) is 26.6. The summed E-state index contributed by atoms with van der Waals surface area (Å²) in [6.07, 6.45) is 1.77. The third kappa shape index (κ3) is 10.2. The van der Waals surface area contributed by atoms with E-state index in [0.29, 0.717) is 32.3 Å². The first-order chi connectivity index (χ1) is 15.7. The average Bonchev–Trinajstić information content (AvgIpc) is 2.85. The lowest BCUT2D eigenvalue weighted by Crippen LogP contribution is -2.39. The number of nitrogens with one attached hydrogen (secondary N) is 2. The molecule has 0 bridgehead atoms. The number of halogens is 1. The van der Waals surface area contributed by atoms with Gasteiger partial charge in [0, 0.05) is 26.3 Å². The molecule has 0 fully saturated rings. The molecule has 0 radical (unpaired) electrons. The van der Waals surface area contributed by atoms with Crippen molar-refractivity contribution < 1.29 is 9.47 Å². The highest BCUT2D eigenvalue weighted by molar-refractivity contribution is 14.0. The Balaban J connectivity index is 0.00000385. The minimum Gasteiger partial charge on any atom is -0.487 e. The fourth-order valence-corrected chi connectivity index (χ4v) is 3.03. The fraction of sp³-hybridized carbons (Fsp3) is 0.308. The molecule has 176 valence electrons. The van der Waals surface area contributed by atoms with Crippen LogP contribution in [0.25, 0.3) is 0 Å². The highest BCUT2D eigenvalue weighted by atomic mass is 127. The van der Waals surface area contributed by atoms with E-state index >= 15 is 0 Å². The second-order valence-electron chi connectivity index (χ2n) is 7.67. The van der Waals surface area contributed by atoms with Crippen molar-refractivity contribution in [2.75, 3.05) is 20.2 Å². The van der Waals surface area contributed by atoms with Crippen LogP contribution in [0.1, 0.15) is 23.7 Å². The molecule has 3 aromatic rings. The van der Waals surface area contributed by atoms with Gasteiger partial charge in [-0.05, 0) is 41.3 Å². The van der Waals surface area contributed by atoms with E-state index < -0.39 is 0 Å². The van der Waals surface area contributed by atoms with E-state index in [1.807, 2.05) is 60.7 Å². The number of guanidine groups is 1. The quantitative estimate of drug-likeness (QED) is 0.201. The number of nitrogens with zero attached hydrogens (tertiary/aromatic N) is 2. The Hall–Kier alpha value is -2.65. The number of aromatic nitrogens is 1. The molecule has 0 saturated carbocycles. The molecule has 1 heterocycles. The van der Waals surface area contributed by atoms with E-state index in [4.69, 9.17) is 9.47 Å². The van der Waals surface area contributed by atoms with E-state index in [-0.39, 0.29) is 24.0 Å². The summed E-state index contributed by atoms with van der Waals surface area (Å²) in [4.78, 5) is 8.57. The van der Waals surface area contributed by atoms with Crippen LogP contribution in [-0.4, -0.2) is 31.1 Å². The maximum atomic E-state index is 5.82. The summed E-state index contributed by atoms with van der Waals surface area (Å²) in [5, 5.41) is 6.71. The van der Waals surface area contributed by atoms with Gasteiger partial charge in [-0.3, -0.25) is 9.98 Å². The third-order valence-electron chi connectivity index (χ3n) is 4.85. The number of rotatable bonds is 11. The largest absolute Gasteiger partial charge is 0.487 e. The Labute approximate surface area is 213 Å². The van der Waals surface area contributed by atoms with Gasteiger partial charge in [-0.15, -0.1) is 24.0 Å². The summed E-state index contributed by atoms with van der Waals surface area (Å²) in [6.45, 7) is 5.42. The van der Waals surface area contributed by atoms with Gasteiger partial charge in [0.25, 0.3) is 0 Å². The second-order valence-corrected chi connectivity index (χ2v) is 7.67. The van der Waals surface area contributed by atoms with E-state index in [0.717, 1.165) is 29.5 Å². The summed E-state index contributed by atoms with van der Waals surface area (Å²) in [5.74, 6) is 1.97. The van der Waals surface area contributed by atoms with Gasteiger partial charge in [0.05, 0.1) is 18.9 Å². The standard InChI is InChI=1S/C26H32N4O2.HI/c1-21(18-31-19-23-8-4-3-5-9-23)16-29-26(27-2)30-17-22-11-13-25(14-12-22)32-20-24-10-6-7-15-28-24;/h3-15,21H,16-20H2,1-2H3,(H2,27,29,30);1H. The molecule has 3 rings (SSSR count). The van der Waals surface area contributed by atoms with Crippen LogP contribution in [0.4, 0.5) is 0 Å². The molecule has 0 spiro atoms. The van der Waals surface area contributed by atoms with Crippen molar-refractivity contribution in [1.29, 1.82) is 0 Å². The third-order valence-corrected chi connectivity index (χ3v) is 4.85. The van der Waals surface area contributed by atoms with Crippen LogP contribution in [0, 0.1) is 5.92 Å². The summed E-state index contributed by atoms with van der Waals surface area (Å²) in [5.41, 5.74) is 3.25. The van der Waals surface area contributed by atoms with Crippen molar-refractivity contribution in [3.05, 3.63) is 95.8 Å². The maximum Gasteiger partial charge on any atom is 0.191 e. The number of aliphatic imine (C=N–C) groups is 1. The van der Waals surface area contributed by atoms with Crippen molar-refractivity contribution in [2.24, 2.45) is 10.9 Å². The molecule has 0 aliphatic heterocycles. The van der Waals surface area contributed by atoms with Crippen molar-refractivity contribution in [2.45, 2.75) is 26.7 Å². The molecule has 6 nitrogen and oxygen atoms in total. The molecule has 2 aromatic carbocycles. The molecule has 0 aliphatic rings. The van der Waals surface area contributed by atoms with Crippen LogP contribution in [0.5, 0.6) is 5.75 Å². The number of benzene rings is 2. The second kappa shape index (κ2) is 15.2. The molecule has 0 saturated heterocycles. The smallest absolute Gasteiger partial charge is 0.191 e. The van der Waals surface area contributed by atoms with Crippen LogP contribution in [0.15, 0.2) is 84.0 Å². The van der Waals surface area contributed by atoms with Crippen LogP contribution < -0.4 is 15.4 Å². The lowest BCUT2D eigenvalue weighted by molar-refractivity contribution is 0.0931. The molecule has 1 aromatic heterocycles. The van der Waals surface area contributed by atoms with Crippen LogP contribution in [0.3, 0.4) is 0 Å². The fourth-order valence-electron chi connectivity index (χ4n) is 3.03. The van der Waals surface area contributed by atoms with Crippen LogP contribution >= 0.6 is 24.0 Å². The van der Waals surface area contributed by atoms with Crippen molar-refractivity contribution in [3.8, 4) is 5.75 Å². The Morgan fingerprint density at radius 3 is 2.36 bits per heavy atom. The van der Waals surface area contributed by atoms with Gasteiger partial charge in [0.1, 0.15) is 12.4 Å². The van der Waals surface area contributed by atoms with Gasteiger partial charge in [0.2, 0.25) is 0 Å². The van der Waals surface area contributed by atoms with Crippen LogP contribution in [-0.2, 0) is 24.5 Å². The van der Waals surface area contributed by atoms with Gasteiger partial charge >= 0.3 is 0 Å². The topological polar surface area (TPSA) is 67.8 Å². The lowest BCUT2D eigenvalue weighted by Gasteiger charge is -2.16. The summed E-state index contributed by atoms with van der Waals surface area (Å²) in [7, 11) is 1.78. The van der Waals surface area contributed by atoms with Crippen molar-refractivity contribution in [1.82, 2.24) is 15.6 Å². The molecule has 2 N–H and O–H groups in total. The van der Waals surface area contributed by atoms with Crippen molar-refractivity contribution >= 4 is 29.9 Å². The van der Waals surface area contributed by atoms with Crippen LogP contribution in [0.2, 0.25) is 0 Å². The normalized spacial score (nSPS) is 11.9. The molecule has 1 atom stereocenters. The summed E-state index contributed by atoms with van der Waals surface area (Å²) >= 11 is 0. The number of ether oxygens (including phenoxy) is 2. The van der Waals surface area contributed by atoms with E-state index in [1.54, 1.807) is 13.2 Å². The maximum absolute atomic E-state index is 5.82. The first-order valence-corrected chi connectivity index (χ1v) is 10.9. The Morgan fingerprint density at radius 2 is 1.67 bits per heavy atom. The number of hydrogen-bond acceptors (Lipinski definition) is 4. The lowest BCUT2D eigenvalue weighted by atomic mass is 10.2. The van der Waals surface area contributed by atoms with E-state index in [9.17, 15) is 0 Å². The molecule has 0 aliphatic carbocycles. The average molecular weight is 560 g/mol. The SMILES string of the molecule is CN=C(NCc1ccc(OCc2ccccn2)cc1)NCC(C)COCc1ccccc1.I. The Kier molecular flexibility index (Phi) is 12.3. The van der Waals surface area contributed by atoms with Gasteiger partial charge in [-0.1, -0.05) is 55.5 Å². The Bertz CT molecular complexity index is 938. The zero-order valence-corrected chi connectivity index (χ0v) is 21.6. The molecular formula is C26H33IN4O2. The van der Waals surface area contributed by atoms with E-state index in [2.05, 4.69) is 39.7 Å². The predicted octanol–water partition coefficient (Wildman–Crippen LogP) is 4.80. The molecule has 1 unspecified atom stereocenters. The molecule has 7 heteroatoms. The molecule has 33 heavy (non-hydrogen) atoms. The molecular weight excluding hydrogens is 527 g/mol. The predicted molar refractivity (Wildman–Crippen MR) is 144 cm³/mol. The number of pyridine rings is 1.